The number of fused-ring (bicyclic) bond motifs is 3. The van der Waals surface area contributed by atoms with Gasteiger partial charge in [0, 0.05) is 18.6 Å². The van der Waals surface area contributed by atoms with E-state index in [1.165, 1.54) is 5.56 Å². The van der Waals surface area contributed by atoms with Gasteiger partial charge in [0.1, 0.15) is 5.75 Å². The monoisotopic (exact) mass is 204 g/mol. The van der Waals surface area contributed by atoms with Gasteiger partial charge in [-0.1, -0.05) is 12.1 Å². The third-order valence-corrected chi connectivity index (χ3v) is 3.60. The highest BCUT2D eigenvalue weighted by Gasteiger charge is 2.35. The van der Waals surface area contributed by atoms with Crippen LogP contribution < -0.4 is 10.6 Å². The van der Waals surface area contributed by atoms with Crippen LogP contribution in [0.15, 0.2) is 18.2 Å². The van der Waals surface area contributed by atoms with E-state index in [4.69, 9.17) is 5.73 Å². The summed E-state index contributed by atoms with van der Waals surface area (Å²) < 4.78 is 0. The van der Waals surface area contributed by atoms with Crippen molar-refractivity contribution < 1.29 is 5.11 Å². The molecule has 0 radical (unpaired) electrons. The number of para-hydroxylation sites is 1. The summed E-state index contributed by atoms with van der Waals surface area (Å²) in [6.45, 7) is 0.983. The lowest BCUT2D eigenvalue weighted by Crippen LogP contribution is -2.45. The second-order valence-electron chi connectivity index (χ2n) is 4.62. The van der Waals surface area contributed by atoms with Crippen LogP contribution in [-0.4, -0.2) is 23.7 Å². The van der Waals surface area contributed by atoms with Crippen LogP contribution >= 0.6 is 0 Å². The minimum absolute atomic E-state index is 0.336. The lowest BCUT2D eigenvalue weighted by molar-refractivity contribution is 0.418. The first kappa shape index (κ1) is 9.04. The normalized spacial score (nSPS) is 28.7. The van der Waals surface area contributed by atoms with Gasteiger partial charge in [-0.05, 0) is 30.9 Å². The zero-order chi connectivity index (χ0) is 10.4. The van der Waals surface area contributed by atoms with Crippen LogP contribution in [0.3, 0.4) is 0 Å². The summed E-state index contributed by atoms with van der Waals surface area (Å²) >= 11 is 0. The third kappa shape index (κ3) is 1.30. The molecule has 0 aromatic heterocycles. The Hall–Kier alpha value is -1.22. The Balaban J connectivity index is 2.00. The fraction of sp³-hybridized carbons (Fsp3) is 0.500. The van der Waals surface area contributed by atoms with Crippen molar-refractivity contribution in [2.45, 2.75) is 31.3 Å². The van der Waals surface area contributed by atoms with E-state index < -0.39 is 0 Å². The minimum atomic E-state index is 0.336. The quantitative estimate of drug-likeness (QED) is 0.668. The molecule has 1 saturated heterocycles. The van der Waals surface area contributed by atoms with Crippen LogP contribution in [0.5, 0.6) is 5.75 Å². The standard InChI is InChI=1S/C12H16N2O/c13-9-4-5-14-10(7-9)6-8-2-1-3-11(15)12(8)14/h1-3,9-10,15H,4-7,13H2. The SMILES string of the molecule is NC1CCN2c3c(O)cccc3CC2C1. The van der Waals surface area contributed by atoms with Crippen LogP contribution in [0.25, 0.3) is 0 Å². The first-order valence-corrected chi connectivity index (χ1v) is 5.59. The second-order valence-corrected chi connectivity index (χ2v) is 4.62. The van der Waals surface area contributed by atoms with Crippen molar-refractivity contribution >= 4 is 5.69 Å². The summed E-state index contributed by atoms with van der Waals surface area (Å²) in [5.41, 5.74) is 8.30. The highest BCUT2D eigenvalue weighted by atomic mass is 16.3. The molecule has 1 fully saturated rings. The number of rotatable bonds is 0. The van der Waals surface area contributed by atoms with Crippen molar-refractivity contribution in [2.24, 2.45) is 5.73 Å². The van der Waals surface area contributed by atoms with E-state index in [2.05, 4.69) is 11.0 Å². The average Bonchev–Trinajstić information content (AvgIpc) is 2.56. The summed E-state index contributed by atoms with van der Waals surface area (Å²) in [7, 11) is 0. The highest BCUT2D eigenvalue weighted by Crippen LogP contribution is 2.42. The maximum Gasteiger partial charge on any atom is 0.139 e. The largest absolute Gasteiger partial charge is 0.506 e. The summed E-state index contributed by atoms with van der Waals surface area (Å²) in [5.74, 6) is 0.422. The van der Waals surface area contributed by atoms with Gasteiger partial charge >= 0.3 is 0 Å². The Labute approximate surface area is 89.5 Å². The molecule has 0 spiro atoms. The van der Waals surface area contributed by atoms with Gasteiger partial charge in [0.15, 0.2) is 0 Å². The lowest BCUT2D eigenvalue weighted by Gasteiger charge is -2.35. The minimum Gasteiger partial charge on any atom is -0.506 e. The van der Waals surface area contributed by atoms with Gasteiger partial charge in [-0.25, -0.2) is 0 Å². The number of nitrogens with zero attached hydrogens (tertiary/aromatic N) is 1. The Morgan fingerprint density at radius 1 is 1.40 bits per heavy atom. The van der Waals surface area contributed by atoms with E-state index in [0.29, 0.717) is 17.8 Å². The lowest BCUT2D eigenvalue weighted by atomic mass is 9.97. The molecule has 2 aliphatic heterocycles. The average molecular weight is 204 g/mol. The van der Waals surface area contributed by atoms with Crippen LogP contribution in [0.4, 0.5) is 5.69 Å². The fourth-order valence-electron chi connectivity index (χ4n) is 2.90. The molecule has 2 unspecified atom stereocenters. The molecule has 3 heteroatoms. The maximum atomic E-state index is 9.86. The van der Waals surface area contributed by atoms with E-state index in [9.17, 15) is 5.11 Å². The van der Waals surface area contributed by atoms with Crippen molar-refractivity contribution in [1.29, 1.82) is 0 Å². The number of hydrogen-bond donors (Lipinski definition) is 2. The van der Waals surface area contributed by atoms with E-state index in [-0.39, 0.29) is 0 Å². The molecule has 3 rings (SSSR count). The Morgan fingerprint density at radius 3 is 3.13 bits per heavy atom. The summed E-state index contributed by atoms with van der Waals surface area (Å²) in [5, 5.41) is 9.86. The predicted octanol–water partition coefficient (Wildman–Crippen LogP) is 1.24. The van der Waals surface area contributed by atoms with Crippen LogP contribution in [0.2, 0.25) is 0 Å². The Bertz CT molecular complexity index is 391. The number of anilines is 1. The predicted molar refractivity (Wildman–Crippen MR) is 60.2 cm³/mol. The van der Waals surface area contributed by atoms with Crippen molar-refractivity contribution in [3.63, 3.8) is 0 Å². The maximum absolute atomic E-state index is 9.86. The zero-order valence-corrected chi connectivity index (χ0v) is 8.69. The molecule has 0 aliphatic carbocycles. The summed E-state index contributed by atoms with van der Waals surface area (Å²) in [6, 6.07) is 6.65. The van der Waals surface area contributed by atoms with Crippen LogP contribution in [-0.2, 0) is 6.42 Å². The molecule has 0 amide bonds. The molecule has 2 heterocycles. The van der Waals surface area contributed by atoms with Gasteiger partial charge in [-0.15, -0.1) is 0 Å². The van der Waals surface area contributed by atoms with Gasteiger partial charge < -0.3 is 15.7 Å². The molecule has 0 saturated carbocycles. The molecule has 2 atom stereocenters. The number of aromatic hydroxyl groups is 1. The summed E-state index contributed by atoms with van der Waals surface area (Å²) in [4.78, 5) is 2.33. The van der Waals surface area contributed by atoms with Crippen LogP contribution in [0.1, 0.15) is 18.4 Å². The van der Waals surface area contributed by atoms with Gasteiger partial charge in [-0.3, -0.25) is 0 Å². The number of benzene rings is 1. The number of phenolic OH excluding ortho intramolecular Hbond substituents is 1. The van der Waals surface area contributed by atoms with Gasteiger partial charge in [0.2, 0.25) is 0 Å². The topological polar surface area (TPSA) is 49.5 Å². The molecule has 3 N–H and O–H groups in total. The summed E-state index contributed by atoms with van der Waals surface area (Å²) in [6.07, 6.45) is 3.12. The molecule has 1 aromatic carbocycles. The van der Waals surface area contributed by atoms with Gasteiger partial charge in [-0.2, -0.15) is 0 Å². The van der Waals surface area contributed by atoms with E-state index in [1.54, 1.807) is 6.07 Å². The van der Waals surface area contributed by atoms with Crippen molar-refractivity contribution in [3.05, 3.63) is 23.8 Å². The molecule has 15 heavy (non-hydrogen) atoms. The smallest absolute Gasteiger partial charge is 0.139 e. The van der Waals surface area contributed by atoms with E-state index in [0.717, 1.165) is 31.5 Å². The fourth-order valence-corrected chi connectivity index (χ4v) is 2.90. The van der Waals surface area contributed by atoms with Crippen molar-refractivity contribution in [2.75, 3.05) is 11.4 Å². The molecule has 80 valence electrons. The number of hydrogen-bond acceptors (Lipinski definition) is 3. The van der Waals surface area contributed by atoms with Crippen molar-refractivity contribution in [1.82, 2.24) is 0 Å². The molecule has 1 aromatic rings. The molecule has 3 nitrogen and oxygen atoms in total. The zero-order valence-electron chi connectivity index (χ0n) is 8.69. The number of phenols is 1. The van der Waals surface area contributed by atoms with Crippen LogP contribution in [0, 0.1) is 0 Å². The Kier molecular flexibility index (Phi) is 1.89. The van der Waals surface area contributed by atoms with Gasteiger partial charge in [0.25, 0.3) is 0 Å². The van der Waals surface area contributed by atoms with Crippen molar-refractivity contribution in [3.8, 4) is 5.75 Å². The molecule has 2 aliphatic rings. The van der Waals surface area contributed by atoms with E-state index in [1.807, 2.05) is 6.07 Å². The number of piperidine rings is 1. The highest BCUT2D eigenvalue weighted by molar-refractivity contribution is 5.68. The van der Waals surface area contributed by atoms with E-state index >= 15 is 0 Å². The first-order chi connectivity index (χ1) is 7.25. The van der Waals surface area contributed by atoms with Gasteiger partial charge in [0.05, 0.1) is 5.69 Å². The number of nitrogens with two attached hydrogens (primary N) is 1. The third-order valence-electron chi connectivity index (χ3n) is 3.60. The Morgan fingerprint density at radius 2 is 2.27 bits per heavy atom. The first-order valence-electron chi connectivity index (χ1n) is 5.59. The second kappa shape index (κ2) is 3.14. The molecular weight excluding hydrogens is 188 g/mol. The molecule has 0 bridgehead atoms. The molecular formula is C12H16N2O.